The molecule has 3 nitrogen and oxygen atoms in total. The normalized spacial score (nSPS) is 18.7. The van der Waals surface area contributed by atoms with Crippen molar-refractivity contribution in [2.75, 3.05) is 19.8 Å². The van der Waals surface area contributed by atoms with Crippen molar-refractivity contribution in [2.45, 2.75) is 31.2 Å². The van der Waals surface area contributed by atoms with E-state index >= 15 is 0 Å². The van der Waals surface area contributed by atoms with E-state index in [9.17, 15) is 18.3 Å². The predicted octanol–water partition coefficient (Wildman–Crippen LogP) is 2.99. The topological polar surface area (TPSA) is 41.5 Å². The van der Waals surface area contributed by atoms with Crippen molar-refractivity contribution in [3.63, 3.8) is 0 Å². The fourth-order valence-corrected chi connectivity index (χ4v) is 2.49. The van der Waals surface area contributed by atoms with Crippen LogP contribution < -0.4 is 5.32 Å². The predicted molar refractivity (Wildman–Crippen MR) is 73.2 cm³/mol. The van der Waals surface area contributed by atoms with Gasteiger partial charge in [-0.25, -0.2) is 0 Å². The van der Waals surface area contributed by atoms with E-state index in [4.69, 9.17) is 16.3 Å². The summed E-state index contributed by atoms with van der Waals surface area (Å²) in [5.41, 5.74) is -1.21. The summed E-state index contributed by atoms with van der Waals surface area (Å²) in [5, 5.41) is 12.9. The van der Waals surface area contributed by atoms with Crippen molar-refractivity contribution in [1.82, 2.24) is 5.32 Å². The molecule has 0 amide bonds. The number of nitrogens with one attached hydrogen (secondary N) is 1. The van der Waals surface area contributed by atoms with Crippen LogP contribution in [0.4, 0.5) is 13.2 Å². The Kier molecular flexibility index (Phi) is 5.14. The lowest BCUT2D eigenvalue weighted by Gasteiger charge is -2.32. The number of benzene rings is 1. The summed E-state index contributed by atoms with van der Waals surface area (Å²) in [6.07, 6.45) is -3.42. The smallest absolute Gasteiger partial charge is 0.388 e. The van der Waals surface area contributed by atoms with Gasteiger partial charge in [0.2, 0.25) is 0 Å². The Morgan fingerprint density at radius 2 is 1.95 bits per heavy atom. The number of ether oxygens (including phenoxy) is 1. The first-order valence-corrected chi connectivity index (χ1v) is 7.04. The van der Waals surface area contributed by atoms with Crippen LogP contribution in [0.3, 0.4) is 0 Å². The second-order valence-electron chi connectivity index (χ2n) is 5.25. The highest BCUT2D eigenvalue weighted by Crippen LogP contribution is 2.35. The van der Waals surface area contributed by atoms with Gasteiger partial charge in [0.15, 0.2) is 0 Å². The van der Waals surface area contributed by atoms with Crippen LogP contribution in [-0.2, 0) is 17.5 Å². The molecular weight excluding hydrogens is 307 g/mol. The third-order valence-electron chi connectivity index (χ3n) is 3.54. The van der Waals surface area contributed by atoms with E-state index < -0.39 is 17.3 Å². The van der Waals surface area contributed by atoms with E-state index in [1.165, 1.54) is 6.07 Å². The van der Waals surface area contributed by atoms with Gasteiger partial charge >= 0.3 is 6.18 Å². The summed E-state index contributed by atoms with van der Waals surface area (Å²) in [7, 11) is 0. The molecule has 1 fully saturated rings. The van der Waals surface area contributed by atoms with Crippen molar-refractivity contribution >= 4 is 11.6 Å². The van der Waals surface area contributed by atoms with E-state index in [-0.39, 0.29) is 11.6 Å². The van der Waals surface area contributed by atoms with E-state index in [1.54, 1.807) is 6.07 Å². The highest BCUT2D eigenvalue weighted by atomic mass is 35.5. The molecule has 2 N–H and O–H groups in total. The Morgan fingerprint density at radius 1 is 1.29 bits per heavy atom. The number of hydrogen-bond donors (Lipinski definition) is 2. The third-order valence-corrected chi connectivity index (χ3v) is 3.87. The molecule has 0 unspecified atom stereocenters. The van der Waals surface area contributed by atoms with Crippen LogP contribution in [0, 0.1) is 0 Å². The van der Waals surface area contributed by atoms with Crippen molar-refractivity contribution in [2.24, 2.45) is 0 Å². The standard InChI is InChI=1S/C14H17ClF3NO2/c15-12-2-1-10(7-11(12)14(16,17)18)8-19-9-13(20)3-5-21-6-4-13/h1-2,7,19-20H,3-6,8-9H2. The SMILES string of the molecule is OC1(CNCc2ccc(Cl)c(C(F)(F)F)c2)CCOCC1. The first-order valence-electron chi connectivity index (χ1n) is 6.67. The summed E-state index contributed by atoms with van der Waals surface area (Å²) < 4.78 is 43.4. The van der Waals surface area contributed by atoms with Crippen molar-refractivity contribution in [3.05, 3.63) is 34.3 Å². The van der Waals surface area contributed by atoms with Crippen molar-refractivity contribution < 1.29 is 23.0 Å². The maximum atomic E-state index is 12.7. The average molecular weight is 324 g/mol. The molecule has 1 aliphatic rings. The lowest BCUT2D eigenvalue weighted by Crippen LogP contribution is -2.44. The minimum absolute atomic E-state index is 0.240. The minimum atomic E-state index is -4.47. The zero-order valence-electron chi connectivity index (χ0n) is 11.3. The molecule has 0 saturated carbocycles. The van der Waals surface area contributed by atoms with Gasteiger partial charge in [0, 0.05) is 39.1 Å². The van der Waals surface area contributed by atoms with Crippen molar-refractivity contribution in [3.8, 4) is 0 Å². The summed E-state index contributed by atoms with van der Waals surface area (Å²) in [6, 6.07) is 3.81. The van der Waals surface area contributed by atoms with Crippen LogP contribution in [0.2, 0.25) is 5.02 Å². The molecule has 2 rings (SSSR count). The molecular formula is C14H17ClF3NO2. The average Bonchev–Trinajstić information content (AvgIpc) is 2.40. The van der Waals surface area contributed by atoms with Gasteiger partial charge < -0.3 is 15.2 Å². The Balaban J connectivity index is 1.94. The third kappa shape index (κ3) is 4.57. The van der Waals surface area contributed by atoms with Crippen LogP contribution in [0.5, 0.6) is 0 Å². The number of halogens is 4. The molecule has 118 valence electrons. The van der Waals surface area contributed by atoms with Gasteiger partial charge in [0.05, 0.1) is 16.2 Å². The van der Waals surface area contributed by atoms with Gasteiger partial charge in [-0.15, -0.1) is 0 Å². The Bertz CT molecular complexity index is 488. The van der Waals surface area contributed by atoms with Crippen LogP contribution >= 0.6 is 11.6 Å². The molecule has 21 heavy (non-hydrogen) atoms. The lowest BCUT2D eigenvalue weighted by molar-refractivity contribution is -0.137. The molecule has 1 heterocycles. The van der Waals surface area contributed by atoms with E-state index in [2.05, 4.69) is 5.32 Å². The number of aliphatic hydroxyl groups is 1. The first kappa shape index (κ1) is 16.5. The first-order chi connectivity index (χ1) is 9.80. The number of alkyl halides is 3. The maximum Gasteiger partial charge on any atom is 0.417 e. The van der Waals surface area contributed by atoms with E-state index in [0.717, 1.165) is 6.07 Å². The van der Waals surface area contributed by atoms with Crippen molar-refractivity contribution in [1.29, 1.82) is 0 Å². The molecule has 0 bridgehead atoms. The Labute approximate surface area is 126 Å². The zero-order valence-corrected chi connectivity index (χ0v) is 12.1. The van der Waals surface area contributed by atoms with Crippen LogP contribution in [0.1, 0.15) is 24.0 Å². The van der Waals surface area contributed by atoms with Gasteiger partial charge in [0.25, 0.3) is 0 Å². The molecule has 0 aromatic heterocycles. The van der Waals surface area contributed by atoms with Gasteiger partial charge in [-0.1, -0.05) is 17.7 Å². The monoisotopic (exact) mass is 323 g/mol. The molecule has 1 saturated heterocycles. The molecule has 7 heteroatoms. The molecule has 0 radical (unpaired) electrons. The fourth-order valence-electron chi connectivity index (χ4n) is 2.27. The second kappa shape index (κ2) is 6.52. The highest BCUT2D eigenvalue weighted by Gasteiger charge is 2.33. The Hall–Kier alpha value is -0.820. The largest absolute Gasteiger partial charge is 0.417 e. The molecule has 0 spiro atoms. The Morgan fingerprint density at radius 3 is 2.57 bits per heavy atom. The fraction of sp³-hybridized carbons (Fsp3) is 0.571. The summed E-state index contributed by atoms with van der Waals surface area (Å²) in [5.74, 6) is 0. The summed E-state index contributed by atoms with van der Waals surface area (Å²) >= 11 is 5.56. The quantitative estimate of drug-likeness (QED) is 0.895. The minimum Gasteiger partial charge on any atom is -0.388 e. The zero-order chi connectivity index (χ0) is 15.5. The second-order valence-corrected chi connectivity index (χ2v) is 5.66. The van der Waals surface area contributed by atoms with Crippen LogP contribution in [0.15, 0.2) is 18.2 Å². The summed E-state index contributed by atoms with van der Waals surface area (Å²) in [4.78, 5) is 0. The molecule has 0 aliphatic carbocycles. The van der Waals surface area contributed by atoms with Gasteiger partial charge in [0.1, 0.15) is 0 Å². The molecule has 1 aliphatic heterocycles. The van der Waals surface area contributed by atoms with Crippen LogP contribution in [-0.4, -0.2) is 30.5 Å². The van der Waals surface area contributed by atoms with Gasteiger partial charge in [-0.3, -0.25) is 0 Å². The van der Waals surface area contributed by atoms with Crippen LogP contribution in [0.25, 0.3) is 0 Å². The lowest BCUT2D eigenvalue weighted by atomic mass is 9.94. The highest BCUT2D eigenvalue weighted by molar-refractivity contribution is 6.31. The molecule has 1 aromatic carbocycles. The number of rotatable bonds is 4. The van der Waals surface area contributed by atoms with E-state index in [0.29, 0.717) is 38.2 Å². The molecule has 0 atom stereocenters. The maximum absolute atomic E-state index is 12.7. The molecule has 1 aromatic rings. The van der Waals surface area contributed by atoms with Gasteiger partial charge in [-0.05, 0) is 17.7 Å². The van der Waals surface area contributed by atoms with E-state index in [1.807, 2.05) is 0 Å². The number of hydrogen-bond acceptors (Lipinski definition) is 3. The summed E-state index contributed by atoms with van der Waals surface area (Å²) in [6.45, 7) is 1.55. The van der Waals surface area contributed by atoms with Gasteiger partial charge in [-0.2, -0.15) is 13.2 Å².